The Hall–Kier alpha value is -1.78. The SMILES string of the molecule is C=C(C)[C@@H]1CCC(C)(O)C(N2CCOCC2)C1.C=C(C)[C@@H]1CCC(C)(O)C([N+]2([O-])CCOCC2)C1.C=C(C)[C@@H]1CCC2(C)OC2C1.C=C(C)[C@H]1C=CC(C)(O)CC1.CCO.OO. The van der Waals surface area contributed by atoms with Crippen LogP contribution >= 0.6 is 0 Å². The Morgan fingerprint density at radius 1 is 0.694 bits per heavy atom. The summed E-state index contributed by atoms with van der Waals surface area (Å²) < 4.78 is 16.0. The Morgan fingerprint density at radius 2 is 1.16 bits per heavy atom. The molecule has 62 heavy (non-hydrogen) atoms. The van der Waals surface area contributed by atoms with Crippen LogP contribution in [0.15, 0.2) is 60.8 Å². The number of ether oxygens (including phenoxy) is 3. The number of rotatable bonds is 6. The number of aliphatic hydroxyl groups is 4. The van der Waals surface area contributed by atoms with E-state index < -0.39 is 16.8 Å². The van der Waals surface area contributed by atoms with Gasteiger partial charge in [0.25, 0.3) is 0 Å². The van der Waals surface area contributed by atoms with Gasteiger partial charge >= 0.3 is 0 Å². The number of quaternary nitrogens is 1. The zero-order valence-electron chi connectivity index (χ0n) is 40.4. The van der Waals surface area contributed by atoms with Crippen molar-refractivity contribution in [2.45, 2.75) is 174 Å². The molecule has 0 aromatic carbocycles. The van der Waals surface area contributed by atoms with Gasteiger partial charge in [-0.15, -0.1) is 0 Å². The van der Waals surface area contributed by atoms with Crippen LogP contribution in [0.4, 0.5) is 0 Å². The van der Waals surface area contributed by atoms with Gasteiger partial charge in [-0.25, -0.2) is 0 Å². The molecule has 6 fully saturated rings. The topological polar surface area (TPSA) is 179 Å². The first-order chi connectivity index (χ1) is 28.9. The molecule has 12 heteroatoms. The molecule has 3 aliphatic heterocycles. The molecule has 3 saturated heterocycles. The predicted octanol–water partition coefficient (Wildman–Crippen LogP) is 8.46. The van der Waals surface area contributed by atoms with E-state index in [0.29, 0.717) is 56.6 Å². The zero-order chi connectivity index (χ0) is 47.1. The third kappa shape index (κ3) is 17.2. The van der Waals surface area contributed by atoms with Crippen LogP contribution < -0.4 is 0 Å². The van der Waals surface area contributed by atoms with Crippen molar-refractivity contribution < 1.29 is 49.8 Å². The van der Waals surface area contributed by atoms with Gasteiger partial charge in [0, 0.05) is 32.2 Å². The largest absolute Gasteiger partial charge is 0.632 e. The Balaban J connectivity index is 0.000000280. The van der Waals surface area contributed by atoms with Gasteiger partial charge in [0.1, 0.15) is 24.7 Å². The summed E-state index contributed by atoms with van der Waals surface area (Å²) in [6, 6.07) is 0.0266. The average molecular weight is 879 g/mol. The van der Waals surface area contributed by atoms with Crippen LogP contribution in [0, 0.1) is 28.9 Å². The average Bonchev–Trinajstić information content (AvgIpc) is 3.90. The minimum Gasteiger partial charge on any atom is -0.632 e. The lowest BCUT2D eigenvalue weighted by Gasteiger charge is -2.57. The van der Waals surface area contributed by atoms with Crippen LogP contribution in [0.2, 0.25) is 0 Å². The number of morpholine rings is 2. The first-order valence-electron chi connectivity index (χ1n) is 23.3. The molecule has 11 atom stereocenters. The molecule has 0 aromatic rings. The van der Waals surface area contributed by atoms with Gasteiger partial charge < -0.3 is 44.5 Å². The molecular weight excluding hydrogens is 789 g/mol. The van der Waals surface area contributed by atoms with Crippen LogP contribution in [0.5, 0.6) is 0 Å². The third-order valence-corrected chi connectivity index (χ3v) is 14.6. The minimum absolute atomic E-state index is 0.239. The molecule has 0 bridgehead atoms. The summed E-state index contributed by atoms with van der Waals surface area (Å²) >= 11 is 0. The molecule has 3 saturated carbocycles. The van der Waals surface area contributed by atoms with Crippen LogP contribution in [-0.4, -0.2) is 140 Å². The van der Waals surface area contributed by atoms with Gasteiger partial charge in [0.05, 0.1) is 49.3 Å². The zero-order valence-corrected chi connectivity index (χ0v) is 40.4. The maximum Gasteiger partial charge on any atom is 0.118 e. The summed E-state index contributed by atoms with van der Waals surface area (Å²) in [4.78, 5) is 2.40. The van der Waals surface area contributed by atoms with Crippen molar-refractivity contribution in [3.8, 4) is 0 Å². The van der Waals surface area contributed by atoms with Crippen LogP contribution in [0.25, 0.3) is 0 Å². The van der Waals surface area contributed by atoms with Crippen molar-refractivity contribution in [1.29, 1.82) is 0 Å². The van der Waals surface area contributed by atoms with E-state index in [-0.39, 0.29) is 28.9 Å². The first kappa shape index (κ1) is 56.3. The molecular formula is C50H90N2O10. The van der Waals surface area contributed by atoms with E-state index in [1.807, 2.05) is 40.7 Å². The van der Waals surface area contributed by atoms with E-state index in [1.165, 1.54) is 36.0 Å². The lowest BCUT2D eigenvalue weighted by molar-refractivity contribution is -0.921. The van der Waals surface area contributed by atoms with Crippen molar-refractivity contribution in [2.24, 2.45) is 23.7 Å². The van der Waals surface area contributed by atoms with Crippen LogP contribution in [0.1, 0.15) is 133 Å². The Labute approximate surface area is 376 Å². The number of hydroxylamine groups is 3. The van der Waals surface area contributed by atoms with Gasteiger partial charge in [-0.1, -0.05) is 60.8 Å². The smallest absolute Gasteiger partial charge is 0.118 e. The maximum absolute atomic E-state index is 12.9. The quantitative estimate of drug-likeness (QED) is 0.0377. The monoisotopic (exact) mass is 879 g/mol. The van der Waals surface area contributed by atoms with E-state index in [2.05, 4.69) is 58.1 Å². The molecule has 7 rings (SSSR count). The Morgan fingerprint density at radius 3 is 1.63 bits per heavy atom. The van der Waals surface area contributed by atoms with Crippen molar-refractivity contribution in [3.63, 3.8) is 0 Å². The number of epoxide rings is 1. The highest BCUT2D eigenvalue weighted by atomic mass is 17.0. The van der Waals surface area contributed by atoms with Crippen LogP contribution in [0.3, 0.4) is 0 Å². The summed E-state index contributed by atoms with van der Waals surface area (Å²) in [5.74, 6) is 2.16. The normalized spacial score (nSPS) is 38.3. The summed E-state index contributed by atoms with van der Waals surface area (Å²) in [7, 11) is 0. The first-order valence-corrected chi connectivity index (χ1v) is 23.3. The molecule has 7 aliphatic rings. The summed E-state index contributed by atoms with van der Waals surface area (Å²) in [5, 5.41) is 63.2. The Kier molecular flexibility index (Phi) is 22.9. The van der Waals surface area contributed by atoms with E-state index in [9.17, 15) is 20.5 Å². The summed E-state index contributed by atoms with van der Waals surface area (Å²) in [6.45, 7) is 39.5. The fourth-order valence-corrected chi connectivity index (χ4v) is 9.99. The summed E-state index contributed by atoms with van der Waals surface area (Å²) in [6.07, 6.45) is 15.5. The van der Waals surface area contributed by atoms with E-state index in [1.54, 1.807) is 6.92 Å². The van der Waals surface area contributed by atoms with E-state index in [0.717, 1.165) is 82.7 Å². The van der Waals surface area contributed by atoms with Crippen LogP contribution in [-0.2, 0) is 14.2 Å². The van der Waals surface area contributed by atoms with E-state index >= 15 is 0 Å². The molecule has 0 aromatic heterocycles. The minimum atomic E-state index is -0.856. The third-order valence-electron chi connectivity index (χ3n) is 14.6. The van der Waals surface area contributed by atoms with Gasteiger partial charge in [-0.05, 0) is 150 Å². The fraction of sp³-hybridized carbons (Fsp3) is 0.800. The molecule has 3 heterocycles. The van der Waals surface area contributed by atoms with Crippen molar-refractivity contribution >= 4 is 0 Å². The number of hydrogen-bond acceptors (Lipinski definition) is 11. The van der Waals surface area contributed by atoms with Crippen molar-refractivity contribution in [3.05, 3.63) is 66.0 Å². The second kappa shape index (κ2) is 25.2. The molecule has 360 valence electrons. The standard InChI is InChI=1S/C14H25NO3.C14H25NO2.2C10H16O.C2H6O.H2O2/c1-11(2)12-4-5-14(3,16)13(10-12)15(17)6-8-18-9-7-15;1-11(2)12-4-5-14(3,16)13(10-12)15-6-8-17-9-7-15;1-7(2)8-4-5-10(3)9(6-8)11-10;1-8(2)9-4-6-10(3,11)7-5-9;1-2-3;1-2/h12-13,16H,1,4-10H2,2-3H3;12-13,16H,1,4-10H2,2-3H3;8-9H,1,4-6H2,2-3H3;4,6,9,11H,1,5,7H2,2-3H3;3H,2H2,1H3;1-2H/t2*12-,13?,14?;8-,9?,10?;9-,10?;;/m1110../s1. The highest BCUT2D eigenvalue weighted by Crippen LogP contribution is 2.50. The molecule has 7 unspecified atom stereocenters. The number of allylic oxidation sites excluding steroid dienone is 5. The molecule has 0 spiro atoms. The predicted molar refractivity (Wildman–Crippen MR) is 250 cm³/mol. The Bertz CT molecular complexity index is 1430. The second-order valence-corrected chi connectivity index (χ2v) is 20.3. The molecule has 0 radical (unpaired) electrons. The highest BCUT2D eigenvalue weighted by molar-refractivity contribution is 5.15. The highest BCUT2D eigenvalue weighted by Gasteiger charge is 2.55. The van der Waals surface area contributed by atoms with Crippen molar-refractivity contribution in [1.82, 2.24) is 4.90 Å². The molecule has 4 aliphatic carbocycles. The molecule has 6 N–H and O–H groups in total. The number of nitrogens with zero attached hydrogens (tertiary/aromatic N) is 2. The lowest BCUT2D eigenvalue weighted by Crippen LogP contribution is -2.66. The maximum atomic E-state index is 12.9. The van der Waals surface area contributed by atoms with Gasteiger partial charge in [0.15, 0.2) is 0 Å². The summed E-state index contributed by atoms with van der Waals surface area (Å²) in [5.41, 5.74) is 3.21. The number of fused-ring (bicyclic) bond motifs is 1. The fourth-order valence-electron chi connectivity index (χ4n) is 9.99. The van der Waals surface area contributed by atoms with Crippen molar-refractivity contribution in [2.75, 3.05) is 59.2 Å². The number of aliphatic hydroxyl groups excluding tert-OH is 1. The second-order valence-electron chi connectivity index (χ2n) is 20.3. The van der Waals surface area contributed by atoms with Gasteiger partial charge in [0.2, 0.25) is 0 Å². The van der Waals surface area contributed by atoms with Gasteiger partial charge in [-0.3, -0.25) is 15.4 Å². The molecule has 0 amide bonds. The number of hydrogen-bond donors (Lipinski definition) is 6. The lowest BCUT2D eigenvalue weighted by atomic mass is 9.73. The van der Waals surface area contributed by atoms with E-state index in [4.69, 9.17) is 29.8 Å². The molecule has 12 nitrogen and oxygen atoms in total. The van der Waals surface area contributed by atoms with Gasteiger partial charge in [-0.2, -0.15) is 0 Å².